The Morgan fingerprint density at radius 2 is 0.730 bits per heavy atom. The van der Waals surface area contributed by atoms with Gasteiger partial charge in [0, 0.05) is 69.8 Å². The molecule has 4 aromatic heterocycles. The number of fused-ring (bicyclic) bond motifs is 9. The molecule has 0 bridgehead atoms. The molecule has 0 saturated carbocycles. The highest BCUT2D eigenvalue weighted by atomic mass is 32.1. The fourth-order valence-electron chi connectivity index (χ4n) is 9.41. The smallest absolute Gasteiger partial charge is 0.164 e. The average Bonchev–Trinajstić information content (AvgIpc) is 4.01. The van der Waals surface area contributed by atoms with Gasteiger partial charge in [-0.3, -0.25) is 0 Å². The van der Waals surface area contributed by atoms with E-state index in [2.05, 4.69) is 203 Å². The highest BCUT2D eigenvalue weighted by Gasteiger charge is 2.19. The van der Waals surface area contributed by atoms with Crippen molar-refractivity contribution in [2.75, 3.05) is 0 Å². The van der Waals surface area contributed by atoms with Crippen LogP contribution in [-0.4, -0.2) is 24.1 Å². The van der Waals surface area contributed by atoms with Crippen LogP contribution in [0.2, 0.25) is 0 Å². The van der Waals surface area contributed by atoms with Crippen LogP contribution in [0.25, 0.3) is 120 Å². The Balaban J connectivity index is 0.989. The number of hydrogen-bond donors (Lipinski definition) is 0. The first kappa shape index (κ1) is 35.6. The molecule has 4 heterocycles. The van der Waals surface area contributed by atoms with Crippen molar-refractivity contribution in [3.63, 3.8) is 0 Å². The fourth-order valence-corrected chi connectivity index (χ4v) is 10.5. The molecule has 0 aliphatic carbocycles. The van der Waals surface area contributed by atoms with Gasteiger partial charge < -0.3 is 9.13 Å². The fraction of sp³-hybridized carbons (Fsp3) is 0. The lowest BCUT2D eigenvalue weighted by atomic mass is 10.0. The van der Waals surface area contributed by atoms with E-state index in [0.29, 0.717) is 17.5 Å². The molecular weight excluding hydrogens is 787 g/mol. The Morgan fingerprint density at radius 1 is 0.270 bits per heavy atom. The van der Waals surface area contributed by atoms with Crippen molar-refractivity contribution in [1.82, 2.24) is 24.1 Å². The molecule has 5 nitrogen and oxygen atoms in total. The summed E-state index contributed by atoms with van der Waals surface area (Å²) in [7, 11) is 0. The average molecular weight is 822 g/mol. The highest BCUT2D eigenvalue weighted by molar-refractivity contribution is 7.25. The van der Waals surface area contributed by atoms with Gasteiger partial charge in [0.2, 0.25) is 0 Å². The Labute approximate surface area is 366 Å². The molecule has 6 heteroatoms. The SMILES string of the molecule is c1ccc(-c2ccc3c4ccc(-n5c6ccccc6c6ccccc65)cc4n(-c4ccc(-c5nc(-c6ccccc6)nc(-c6ccc7sc8ccccc8c7c6)n5)cc4)c3c2)cc1. The van der Waals surface area contributed by atoms with E-state index in [9.17, 15) is 0 Å². The second kappa shape index (κ2) is 14.2. The third-order valence-corrected chi connectivity index (χ3v) is 13.5. The Kier molecular flexibility index (Phi) is 8.01. The zero-order chi connectivity index (χ0) is 41.4. The zero-order valence-corrected chi connectivity index (χ0v) is 34.7. The largest absolute Gasteiger partial charge is 0.309 e. The van der Waals surface area contributed by atoms with E-state index in [1.807, 2.05) is 29.5 Å². The lowest BCUT2D eigenvalue weighted by Crippen LogP contribution is -2.01. The van der Waals surface area contributed by atoms with Crippen molar-refractivity contribution >= 4 is 75.1 Å². The number of aromatic nitrogens is 5. The number of nitrogens with zero attached hydrogens (tertiary/aromatic N) is 5. The number of para-hydroxylation sites is 2. The first-order valence-electron chi connectivity index (χ1n) is 21.2. The Morgan fingerprint density at radius 3 is 1.43 bits per heavy atom. The predicted molar refractivity (Wildman–Crippen MR) is 263 cm³/mol. The molecule has 0 saturated heterocycles. The molecule has 9 aromatic carbocycles. The molecule has 63 heavy (non-hydrogen) atoms. The van der Waals surface area contributed by atoms with Crippen molar-refractivity contribution in [3.05, 3.63) is 212 Å². The van der Waals surface area contributed by atoms with Crippen LogP contribution in [0.15, 0.2) is 212 Å². The third kappa shape index (κ3) is 5.80. The predicted octanol–water partition coefficient (Wildman–Crippen LogP) is 15.1. The summed E-state index contributed by atoms with van der Waals surface area (Å²) in [5.74, 6) is 1.92. The second-order valence-corrected chi connectivity index (χ2v) is 17.1. The van der Waals surface area contributed by atoms with Crippen molar-refractivity contribution in [1.29, 1.82) is 0 Å². The standard InChI is InChI=1S/C57H35N5S/c1-3-13-36(14-4-1)39-25-30-45-46-31-29-42(62-49-20-10-7-17-43(49)44-18-8-11-21-50(44)62)35-52(46)61(51(45)34-39)41-27-23-38(24-28-41)56-58-55(37-15-5-2-6-16-37)59-57(60-56)40-26-32-54-48(33-40)47-19-9-12-22-53(47)63-54/h1-35H. The molecule has 0 aliphatic heterocycles. The van der Waals surface area contributed by atoms with Crippen LogP contribution in [-0.2, 0) is 0 Å². The van der Waals surface area contributed by atoms with Gasteiger partial charge in [0.25, 0.3) is 0 Å². The van der Waals surface area contributed by atoms with E-state index in [4.69, 9.17) is 15.0 Å². The number of benzene rings is 9. The number of rotatable bonds is 6. The minimum atomic E-state index is 0.628. The van der Waals surface area contributed by atoms with Crippen molar-refractivity contribution in [3.8, 4) is 56.7 Å². The van der Waals surface area contributed by atoms with Gasteiger partial charge in [0.05, 0.1) is 22.1 Å². The van der Waals surface area contributed by atoms with Gasteiger partial charge in [-0.15, -0.1) is 11.3 Å². The number of hydrogen-bond acceptors (Lipinski definition) is 4. The molecule has 0 aliphatic rings. The molecule has 0 atom stereocenters. The van der Waals surface area contributed by atoms with Crippen LogP contribution in [0.4, 0.5) is 0 Å². The number of thiophene rings is 1. The van der Waals surface area contributed by atoms with E-state index >= 15 is 0 Å². The van der Waals surface area contributed by atoms with Crippen LogP contribution in [0.3, 0.4) is 0 Å². The van der Waals surface area contributed by atoms with E-state index in [-0.39, 0.29) is 0 Å². The van der Waals surface area contributed by atoms with Gasteiger partial charge in [-0.25, -0.2) is 15.0 Å². The minimum Gasteiger partial charge on any atom is -0.309 e. The first-order chi connectivity index (χ1) is 31.2. The zero-order valence-electron chi connectivity index (χ0n) is 33.9. The topological polar surface area (TPSA) is 48.5 Å². The van der Waals surface area contributed by atoms with Crippen molar-refractivity contribution in [2.24, 2.45) is 0 Å². The monoisotopic (exact) mass is 821 g/mol. The van der Waals surface area contributed by atoms with Gasteiger partial charge in [-0.1, -0.05) is 133 Å². The molecule has 0 radical (unpaired) electrons. The van der Waals surface area contributed by atoms with E-state index in [1.165, 1.54) is 63.9 Å². The van der Waals surface area contributed by atoms with Crippen molar-refractivity contribution < 1.29 is 0 Å². The van der Waals surface area contributed by atoms with E-state index in [0.717, 1.165) is 39.1 Å². The molecule has 294 valence electrons. The normalized spacial score (nSPS) is 11.8. The molecule has 13 aromatic rings. The first-order valence-corrected chi connectivity index (χ1v) is 22.0. The lowest BCUT2D eigenvalue weighted by Gasteiger charge is -2.13. The summed E-state index contributed by atoms with van der Waals surface area (Å²) in [6.07, 6.45) is 0. The van der Waals surface area contributed by atoms with Gasteiger partial charge in [0.15, 0.2) is 17.5 Å². The van der Waals surface area contributed by atoms with Gasteiger partial charge in [-0.2, -0.15) is 0 Å². The van der Waals surface area contributed by atoms with Crippen LogP contribution >= 0.6 is 11.3 Å². The maximum absolute atomic E-state index is 5.17. The van der Waals surface area contributed by atoms with Crippen LogP contribution < -0.4 is 0 Å². The quantitative estimate of drug-likeness (QED) is 0.168. The summed E-state index contributed by atoms with van der Waals surface area (Å²) in [6, 6.07) is 75.8. The van der Waals surface area contributed by atoms with Gasteiger partial charge in [-0.05, 0) is 90.0 Å². The summed E-state index contributed by atoms with van der Waals surface area (Å²) in [5, 5.41) is 7.35. The summed E-state index contributed by atoms with van der Waals surface area (Å²) < 4.78 is 7.32. The summed E-state index contributed by atoms with van der Waals surface area (Å²) >= 11 is 1.81. The molecule has 0 fully saturated rings. The maximum atomic E-state index is 5.17. The molecule has 0 N–H and O–H groups in total. The lowest BCUT2D eigenvalue weighted by molar-refractivity contribution is 1.07. The molecular formula is C57H35N5S. The maximum Gasteiger partial charge on any atom is 0.164 e. The van der Waals surface area contributed by atoms with E-state index < -0.39 is 0 Å². The Hall–Kier alpha value is -8.19. The summed E-state index contributed by atoms with van der Waals surface area (Å²) in [4.78, 5) is 15.3. The summed E-state index contributed by atoms with van der Waals surface area (Å²) in [6.45, 7) is 0. The van der Waals surface area contributed by atoms with Crippen LogP contribution in [0.5, 0.6) is 0 Å². The summed E-state index contributed by atoms with van der Waals surface area (Å²) in [5.41, 5.74) is 12.0. The molecule has 0 unspecified atom stereocenters. The van der Waals surface area contributed by atoms with Gasteiger partial charge in [0.1, 0.15) is 0 Å². The van der Waals surface area contributed by atoms with Crippen LogP contribution in [0.1, 0.15) is 0 Å². The highest BCUT2D eigenvalue weighted by Crippen LogP contribution is 2.40. The van der Waals surface area contributed by atoms with Crippen LogP contribution in [0, 0.1) is 0 Å². The van der Waals surface area contributed by atoms with Crippen molar-refractivity contribution in [2.45, 2.75) is 0 Å². The molecule has 0 amide bonds. The third-order valence-electron chi connectivity index (χ3n) is 12.4. The minimum absolute atomic E-state index is 0.628. The second-order valence-electron chi connectivity index (χ2n) is 16.0. The van der Waals surface area contributed by atoms with E-state index in [1.54, 1.807) is 0 Å². The van der Waals surface area contributed by atoms with Gasteiger partial charge >= 0.3 is 0 Å². The Bertz CT molecular complexity index is 3850. The molecule has 13 rings (SSSR count). The molecule has 0 spiro atoms.